The normalized spacial score (nSPS) is 40.4. The van der Waals surface area contributed by atoms with Gasteiger partial charge in [0, 0.05) is 5.41 Å². The van der Waals surface area contributed by atoms with E-state index in [4.69, 9.17) is 17.2 Å². The molecule has 8 N–H and O–H groups in total. The number of nitrogens with zero attached hydrogens (tertiary/aromatic N) is 1. The molecular weight excluding hydrogens is 500 g/mol. The third kappa shape index (κ3) is 5.12. The lowest BCUT2D eigenvalue weighted by atomic mass is 9.39. The molecule has 3 fully saturated rings. The van der Waals surface area contributed by atoms with Crippen molar-refractivity contribution in [1.82, 2.24) is 0 Å². The number of aliphatic carboxylic acids is 1. The Balaban J connectivity index is 1.72. The standard InChI is InChI=1S/C33H58N4O3/c1-20(2)8-6-9-21(3)25-13-14-26-24-12-11-22-18-23(38)19-33(29(39)40,28(10-7-17-34)37-30(35)36)32(22,5)27(24)15-16-31(25,26)4/h11,20-21,23-28,38H,6-10,12-19,34H2,1-5H3,(H,39,40)(H4,35,36,37)/t21-,23+,24+,25-,26+,27+,28?,31-,32+,33?/m1/s1. The minimum absolute atomic E-state index is 0.0921. The predicted octanol–water partition coefficient (Wildman–Crippen LogP) is 5.45. The lowest BCUT2D eigenvalue weighted by Crippen LogP contribution is -2.65. The van der Waals surface area contributed by atoms with Gasteiger partial charge in [0.15, 0.2) is 5.96 Å². The summed E-state index contributed by atoms with van der Waals surface area (Å²) in [5.74, 6) is 2.52. The Morgan fingerprint density at radius 1 is 1.07 bits per heavy atom. The zero-order valence-corrected chi connectivity index (χ0v) is 25.9. The maximum absolute atomic E-state index is 13.6. The molecule has 0 aromatic carbocycles. The summed E-state index contributed by atoms with van der Waals surface area (Å²) in [6.07, 6.45) is 13.0. The summed E-state index contributed by atoms with van der Waals surface area (Å²) in [4.78, 5) is 18.2. The minimum Gasteiger partial charge on any atom is -0.481 e. The number of carboxylic acid groups (broad SMARTS) is 1. The highest BCUT2D eigenvalue weighted by molar-refractivity contribution is 5.81. The fraction of sp³-hybridized carbons (Fsp3) is 0.879. The first-order valence-electron chi connectivity index (χ1n) is 16.2. The molecule has 10 atom stereocenters. The van der Waals surface area contributed by atoms with Crippen molar-refractivity contribution in [2.24, 2.45) is 73.9 Å². The summed E-state index contributed by atoms with van der Waals surface area (Å²) in [6, 6.07) is -0.633. The van der Waals surface area contributed by atoms with Gasteiger partial charge in [0.2, 0.25) is 0 Å². The number of carboxylic acids is 1. The van der Waals surface area contributed by atoms with Crippen molar-refractivity contribution in [2.45, 2.75) is 124 Å². The highest BCUT2D eigenvalue weighted by Gasteiger charge is 2.69. The quantitative estimate of drug-likeness (QED) is 0.129. The van der Waals surface area contributed by atoms with E-state index in [2.05, 4.69) is 45.7 Å². The number of aliphatic imine (C=N–C) groups is 1. The summed E-state index contributed by atoms with van der Waals surface area (Å²) in [5, 5.41) is 22.2. The van der Waals surface area contributed by atoms with Crippen LogP contribution in [0.3, 0.4) is 0 Å². The Morgan fingerprint density at radius 3 is 2.42 bits per heavy atom. The molecule has 7 nitrogen and oxygen atoms in total. The summed E-state index contributed by atoms with van der Waals surface area (Å²) in [7, 11) is 0. The smallest absolute Gasteiger partial charge is 0.312 e. The number of allylic oxidation sites excluding steroid dienone is 1. The molecule has 0 heterocycles. The number of rotatable bonds is 11. The molecule has 0 amide bonds. The van der Waals surface area contributed by atoms with Gasteiger partial charge in [0.05, 0.1) is 12.1 Å². The van der Waals surface area contributed by atoms with Crippen LogP contribution in [0.1, 0.15) is 112 Å². The number of guanidine groups is 1. The van der Waals surface area contributed by atoms with Crippen LogP contribution in [0.25, 0.3) is 0 Å². The van der Waals surface area contributed by atoms with Crippen LogP contribution >= 0.6 is 0 Å². The molecule has 4 aliphatic rings. The molecule has 7 heteroatoms. The van der Waals surface area contributed by atoms with Crippen molar-refractivity contribution in [3.8, 4) is 0 Å². The van der Waals surface area contributed by atoms with Crippen molar-refractivity contribution < 1.29 is 15.0 Å². The zero-order valence-electron chi connectivity index (χ0n) is 25.9. The Kier molecular flexibility index (Phi) is 9.36. The van der Waals surface area contributed by atoms with Gasteiger partial charge in [-0.3, -0.25) is 4.79 Å². The van der Waals surface area contributed by atoms with Crippen molar-refractivity contribution in [3.05, 3.63) is 11.6 Å². The van der Waals surface area contributed by atoms with E-state index in [0.717, 1.165) is 42.6 Å². The number of aliphatic hydroxyl groups excluding tert-OH is 1. The van der Waals surface area contributed by atoms with Gasteiger partial charge in [-0.25, -0.2) is 4.99 Å². The third-order valence-corrected chi connectivity index (χ3v) is 12.6. The molecule has 4 rings (SSSR count). The van der Waals surface area contributed by atoms with Crippen molar-refractivity contribution in [2.75, 3.05) is 6.54 Å². The second kappa shape index (κ2) is 11.9. The monoisotopic (exact) mass is 558 g/mol. The molecule has 0 aliphatic heterocycles. The zero-order chi connectivity index (χ0) is 29.5. The topological polar surface area (TPSA) is 148 Å². The SMILES string of the molecule is CC(C)CCC[C@@H](C)[C@H]1CC[C@H]2[C@@H]3CC=C4C[C@H](O)CC(C(=O)O)(C(CCCN)N=C(N)N)[C@]4(C)[C@H]3CC[C@]12C. The van der Waals surface area contributed by atoms with Crippen LogP contribution in [0.4, 0.5) is 0 Å². The molecule has 3 saturated carbocycles. The van der Waals surface area contributed by atoms with Gasteiger partial charge >= 0.3 is 5.97 Å². The lowest BCUT2D eigenvalue weighted by Gasteiger charge is -2.64. The van der Waals surface area contributed by atoms with Gasteiger partial charge in [-0.15, -0.1) is 0 Å². The number of carbonyl (C=O) groups is 1. The number of fused-ring (bicyclic) bond motifs is 5. The first-order valence-corrected chi connectivity index (χ1v) is 16.2. The lowest BCUT2D eigenvalue weighted by molar-refractivity contribution is -0.180. The molecule has 2 unspecified atom stereocenters. The average molecular weight is 559 g/mol. The van der Waals surface area contributed by atoms with Crippen molar-refractivity contribution in [3.63, 3.8) is 0 Å². The number of hydrogen-bond donors (Lipinski definition) is 5. The molecule has 0 spiro atoms. The van der Waals surface area contributed by atoms with E-state index in [1.54, 1.807) is 0 Å². The minimum atomic E-state index is -1.28. The molecule has 0 bridgehead atoms. The van der Waals surface area contributed by atoms with Crippen LogP contribution in [0.15, 0.2) is 16.6 Å². The largest absolute Gasteiger partial charge is 0.481 e. The molecule has 0 aromatic heterocycles. The third-order valence-electron chi connectivity index (χ3n) is 12.6. The number of aliphatic hydroxyl groups is 1. The van der Waals surface area contributed by atoms with Gasteiger partial charge in [-0.1, -0.05) is 65.5 Å². The Morgan fingerprint density at radius 2 is 1.80 bits per heavy atom. The Hall–Kier alpha value is -1.60. The maximum Gasteiger partial charge on any atom is 0.312 e. The number of hydrogen-bond acceptors (Lipinski definition) is 4. The Bertz CT molecular complexity index is 977. The summed E-state index contributed by atoms with van der Waals surface area (Å²) in [5.41, 5.74) is 17.2. The van der Waals surface area contributed by atoms with E-state index in [0.29, 0.717) is 43.1 Å². The van der Waals surface area contributed by atoms with Gasteiger partial charge in [0.25, 0.3) is 0 Å². The summed E-state index contributed by atoms with van der Waals surface area (Å²) < 4.78 is 0. The predicted molar refractivity (Wildman–Crippen MR) is 162 cm³/mol. The molecule has 40 heavy (non-hydrogen) atoms. The highest BCUT2D eigenvalue weighted by atomic mass is 16.4. The molecule has 0 aromatic rings. The van der Waals surface area contributed by atoms with Crippen LogP contribution in [-0.4, -0.2) is 40.8 Å². The van der Waals surface area contributed by atoms with Gasteiger partial charge in [-0.2, -0.15) is 0 Å². The van der Waals surface area contributed by atoms with E-state index in [-0.39, 0.29) is 18.3 Å². The van der Waals surface area contributed by atoms with Crippen LogP contribution in [0.2, 0.25) is 0 Å². The van der Waals surface area contributed by atoms with E-state index in [1.165, 1.54) is 32.1 Å². The maximum atomic E-state index is 13.6. The van der Waals surface area contributed by atoms with E-state index >= 15 is 0 Å². The van der Waals surface area contributed by atoms with Crippen molar-refractivity contribution in [1.29, 1.82) is 0 Å². The molecule has 4 aliphatic carbocycles. The van der Waals surface area contributed by atoms with E-state index in [1.807, 2.05) is 0 Å². The van der Waals surface area contributed by atoms with E-state index < -0.39 is 28.9 Å². The van der Waals surface area contributed by atoms with Gasteiger partial charge < -0.3 is 27.4 Å². The number of nitrogens with two attached hydrogens (primary N) is 3. The van der Waals surface area contributed by atoms with E-state index in [9.17, 15) is 15.0 Å². The fourth-order valence-electron chi connectivity index (χ4n) is 10.8. The van der Waals surface area contributed by atoms with Crippen LogP contribution in [0.5, 0.6) is 0 Å². The first-order chi connectivity index (χ1) is 18.8. The first kappa shape index (κ1) is 31.3. The fourth-order valence-corrected chi connectivity index (χ4v) is 10.8. The molecule has 0 saturated heterocycles. The second-order valence-corrected chi connectivity index (χ2v) is 14.9. The van der Waals surface area contributed by atoms with Crippen molar-refractivity contribution >= 4 is 11.9 Å². The summed E-state index contributed by atoms with van der Waals surface area (Å²) in [6.45, 7) is 12.3. The average Bonchev–Trinajstić information content (AvgIpc) is 3.23. The molecular formula is C33H58N4O3. The van der Waals surface area contributed by atoms with Crippen LogP contribution < -0.4 is 17.2 Å². The highest BCUT2D eigenvalue weighted by Crippen LogP contribution is 2.71. The van der Waals surface area contributed by atoms with Gasteiger partial charge in [0.1, 0.15) is 5.41 Å². The molecule has 0 radical (unpaired) electrons. The molecule has 228 valence electrons. The van der Waals surface area contributed by atoms with Crippen LogP contribution in [0, 0.1) is 51.8 Å². The van der Waals surface area contributed by atoms with Gasteiger partial charge in [-0.05, 0) is 105 Å². The van der Waals surface area contributed by atoms with Crippen LogP contribution in [-0.2, 0) is 4.79 Å². The summed E-state index contributed by atoms with van der Waals surface area (Å²) >= 11 is 0. The second-order valence-electron chi connectivity index (χ2n) is 14.9. The Labute approximate surface area is 242 Å².